The second-order valence-electron chi connectivity index (χ2n) is 5.93. The summed E-state index contributed by atoms with van der Waals surface area (Å²) in [6.07, 6.45) is 6.12. The summed E-state index contributed by atoms with van der Waals surface area (Å²) in [6.45, 7) is 0. The van der Waals surface area contributed by atoms with Crippen molar-refractivity contribution in [2.75, 3.05) is 5.32 Å². The summed E-state index contributed by atoms with van der Waals surface area (Å²) in [5, 5.41) is 16.6. The van der Waals surface area contributed by atoms with Gasteiger partial charge in [0.05, 0.1) is 19.9 Å². The van der Waals surface area contributed by atoms with Gasteiger partial charge in [-0.25, -0.2) is 0 Å². The maximum Gasteiger partial charge on any atom is 0.294 e. The number of aromatic nitrogens is 2. The third-order valence-corrected chi connectivity index (χ3v) is 7.29. The van der Waals surface area contributed by atoms with E-state index in [9.17, 15) is 14.9 Å². The first kappa shape index (κ1) is 20.5. The molecule has 3 heterocycles. The number of nitro groups is 1. The quantitative estimate of drug-likeness (QED) is 0.267. The first-order valence-corrected chi connectivity index (χ1v) is 10.7. The highest BCUT2D eigenvalue weighted by Crippen LogP contribution is 2.45. The fourth-order valence-electron chi connectivity index (χ4n) is 2.68. The predicted octanol–water partition coefficient (Wildman–Crippen LogP) is 6.31. The van der Waals surface area contributed by atoms with Crippen molar-refractivity contribution in [1.82, 2.24) is 9.97 Å². The van der Waals surface area contributed by atoms with E-state index in [0.29, 0.717) is 14.8 Å². The zero-order chi connectivity index (χ0) is 21.3. The normalized spacial score (nSPS) is 10.9. The van der Waals surface area contributed by atoms with E-state index >= 15 is 0 Å². The lowest BCUT2D eigenvalue weighted by atomic mass is 10.1. The van der Waals surface area contributed by atoms with Gasteiger partial charge >= 0.3 is 0 Å². The largest absolute Gasteiger partial charge is 0.321 e. The highest BCUT2D eigenvalue weighted by atomic mass is 35.5. The molecule has 150 valence electrons. The standard InChI is InChI=1S/C19H10Cl2N4O3S2/c20-12-8-23-9-13(21)17(12)30-19-15(25(27)28)6-16(29-19)18(26)24-14-3-1-2-10-7-22-5-4-11(10)14/h1-9H,(H,24,26). The van der Waals surface area contributed by atoms with E-state index in [0.717, 1.165) is 33.9 Å². The molecule has 1 N–H and O–H groups in total. The van der Waals surface area contributed by atoms with Crippen molar-refractivity contribution in [2.24, 2.45) is 0 Å². The Balaban J connectivity index is 1.67. The first-order chi connectivity index (χ1) is 14.4. The maximum absolute atomic E-state index is 12.8. The van der Waals surface area contributed by atoms with E-state index in [-0.39, 0.29) is 20.6 Å². The lowest BCUT2D eigenvalue weighted by Gasteiger charge is -2.07. The molecule has 1 amide bonds. The number of halogens is 2. The molecule has 4 aromatic rings. The van der Waals surface area contributed by atoms with Gasteiger partial charge in [0.25, 0.3) is 11.6 Å². The van der Waals surface area contributed by atoms with Crippen LogP contribution in [0.5, 0.6) is 0 Å². The molecule has 1 aromatic carbocycles. The minimum Gasteiger partial charge on any atom is -0.321 e. The molecule has 0 spiro atoms. The van der Waals surface area contributed by atoms with E-state index in [1.54, 1.807) is 30.6 Å². The van der Waals surface area contributed by atoms with E-state index in [1.807, 2.05) is 6.07 Å². The molecule has 3 aromatic heterocycles. The van der Waals surface area contributed by atoms with Crippen LogP contribution in [0, 0.1) is 10.1 Å². The maximum atomic E-state index is 12.8. The molecule has 4 rings (SSSR count). The van der Waals surface area contributed by atoms with Gasteiger partial charge in [0.2, 0.25) is 0 Å². The van der Waals surface area contributed by atoms with Crippen molar-refractivity contribution < 1.29 is 9.72 Å². The molecule has 7 nitrogen and oxygen atoms in total. The van der Waals surface area contributed by atoms with Crippen LogP contribution in [0.2, 0.25) is 10.0 Å². The van der Waals surface area contributed by atoms with Crippen LogP contribution in [0.1, 0.15) is 9.67 Å². The van der Waals surface area contributed by atoms with Gasteiger partial charge in [-0.2, -0.15) is 0 Å². The second-order valence-corrected chi connectivity index (χ2v) is 9.08. The molecule has 0 radical (unpaired) electrons. The van der Waals surface area contributed by atoms with Crippen molar-refractivity contribution in [3.63, 3.8) is 0 Å². The predicted molar refractivity (Wildman–Crippen MR) is 119 cm³/mol. The molecular formula is C19H10Cl2N4O3S2. The Hall–Kier alpha value is -2.72. The van der Waals surface area contributed by atoms with Crippen LogP contribution in [0.4, 0.5) is 11.4 Å². The van der Waals surface area contributed by atoms with Crippen molar-refractivity contribution in [3.05, 3.63) is 80.2 Å². The highest BCUT2D eigenvalue weighted by molar-refractivity contribution is 8.01. The monoisotopic (exact) mass is 476 g/mol. The van der Waals surface area contributed by atoms with Crippen LogP contribution in [0.3, 0.4) is 0 Å². The van der Waals surface area contributed by atoms with Gasteiger partial charge in [0.1, 0.15) is 9.09 Å². The average molecular weight is 477 g/mol. The van der Waals surface area contributed by atoms with Gasteiger partial charge in [-0.3, -0.25) is 24.9 Å². The number of nitrogens with one attached hydrogen (secondary N) is 1. The second kappa shape index (κ2) is 8.57. The Morgan fingerprint density at radius 1 is 1.13 bits per heavy atom. The Bertz CT molecular complexity index is 1270. The van der Waals surface area contributed by atoms with Crippen LogP contribution in [0.15, 0.2) is 64.2 Å². The number of thiophene rings is 1. The molecule has 0 aliphatic carbocycles. The lowest BCUT2D eigenvalue weighted by molar-refractivity contribution is -0.387. The number of hydrogen-bond donors (Lipinski definition) is 1. The Morgan fingerprint density at radius 3 is 2.63 bits per heavy atom. The van der Waals surface area contributed by atoms with Crippen molar-refractivity contribution in [2.45, 2.75) is 9.10 Å². The Kier molecular flexibility index (Phi) is 5.87. The topological polar surface area (TPSA) is 98.0 Å². The van der Waals surface area contributed by atoms with E-state index in [2.05, 4.69) is 15.3 Å². The molecule has 0 bridgehead atoms. The van der Waals surface area contributed by atoms with Crippen molar-refractivity contribution >= 4 is 74.4 Å². The number of fused-ring (bicyclic) bond motifs is 1. The molecule has 11 heteroatoms. The number of pyridine rings is 2. The van der Waals surface area contributed by atoms with Gasteiger partial charge < -0.3 is 5.32 Å². The zero-order valence-corrected chi connectivity index (χ0v) is 18.0. The van der Waals surface area contributed by atoms with Gasteiger partial charge in [-0.05, 0) is 12.1 Å². The number of rotatable bonds is 5. The number of carbonyl (C=O) groups excluding carboxylic acids is 1. The fourth-order valence-corrected chi connectivity index (χ4v) is 5.44. The molecule has 0 saturated heterocycles. The third kappa shape index (κ3) is 4.10. The third-order valence-electron chi connectivity index (χ3n) is 4.03. The molecule has 0 atom stereocenters. The summed E-state index contributed by atoms with van der Waals surface area (Å²) < 4.78 is 0.294. The van der Waals surface area contributed by atoms with Crippen LogP contribution in [-0.2, 0) is 0 Å². The van der Waals surface area contributed by atoms with Crippen molar-refractivity contribution in [1.29, 1.82) is 0 Å². The number of anilines is 1. The number of benzene rings is 1. The number of amides is 1. The SMILES string of the molecule is O=C(Nc1cccc2cnccc12)c1cc([N+](=O)[O-])c(Sc2c(Cl)cncc2Cl)s1. The van der Waals surface area contributed by atoms with Crippen LogP contribution >= 0.6 is 46.3 Å². The average Bonchev–Trinajstić information content (AvgIpc) is 3.16. The summed E-state index contributed by atoms with van der Waals surface area (Å²) in [5.74, 6) is -0.453. The van der Waals surface area contributed by atoms with Crippen LogP contribution in [-0.4, -0.2) is 20.8 Å². The molecule has 0 saturated carbocycles. The summed E-state index contributed by atoms with van der Waals surface area (Å²) in [6, 6.07) is 8.47. The Labute approximate surface area is 188 Å². The molecule has 30 heavy (non-hydrogen) atoms. The smallest absolute Gasteiger partial charge is 0.294 e. The van der Waals surface area contributed by atoms with Gasteiger partial charge in [0.15, 0.2) is 0 Å². The van der Waals surface area contributed by atoms with Gasteiger partial charge in [0, 0.05) is 47.3 Å². The zero-order valence-electron chi connectivity index (χ0n) is 14.8. The first-order valence-electron chi connectivity index (χ1n) is 8.33. The van der Waals surface area contributed by atoms with Crippen LogP contribution < -0.4 is 5.32 Å². The minimum absolute atomic E-state index is 0.191. The Morgan fingerprint density at radius 2 is 1.90 bits per heavy atom. The molecule has 0 aliphatic rings. The van der Waals surface area contributed by atoms with E-state index in [4.69, 9.17) is 23.2 Å². The molecule has 0 unspecified atom stereocenters. The highest BCUT2D eigenvalue weighted by Gasteiger charge is 2.25. The van der Waals surface area contributed by atoms with Gasteiger partial charge in [-0.15, -0.1) is 11.3 Å². The molecule has 0 aliphatic heterocycles. The number of carbonyl (C=O) groups is 1. The summed E-state index contributed by atoms with van der Waals surface area (Å²) >= 11 is 14.3. The molecular weight excluding hydrogens is 467 g/mol. The van der Waals surface area contributed by atoms with Gasteiger partial charge in [-0.1, -0.05) is 47.1 Å². The molecule has 0 fully saturated rings. The van der Waals surface area contributed by atoms with Crippen molar-refractivity contribution in [3.8, 4) is 0 Å². The van der Waals surface area contributed by atoms with E-state index < -0.39 is 10.8 Å². The van der Waals surface area contributed by atoms with Crippen LogP contribution in [0.25, 0.3) is 10.8 Å². The summed E-state index contributed by atoms with van der Waals surface area (Å²) in [4.78, 5) is 32.4. The summed E-state index contributed by atoms with van der Waals surface area (Å²) in [7, 11) is 0. The lowest BCUT2D eigenvalue weighted by Crippen LogP contribution is -2.10. The minimum atomic E-state index is -0.539. The number of hydrogen-bond acceptors (Lipinski definition) is 7. The van der Waals surface area contributed by atoms with E-state index in [1.165, 1.54) is 18.5 Å². The fraction of sp³-hybridized carbons (Fsp3) is 0. The summed E-state index contributed by atoms with van der Waals surface area (Å²) in [5.41, 5.74) is 0.395. The number of nitrogens with zero attached hydrogens (tertiary/aromatic N) is 3.